The lowest BCUT2D eigenvalue weighted by Crippen LogP contribution is -2.38. The van der Waals surface area contributed by atoms with Crippen LogP contribution >= 0.6 is 0 Å². The summed E-state index contributed by atoms with van der Waals surface area (Å²) < 4.78 is 23.9. The molecule has 6 heteroatoms. The van der Waals surface area contributed by atoms with Gasteiger partial charge in [0.05, 0.1) is 5.25 Å². The molecule has 0 aromatic heterocycles. The molecule has 0 unspecified atom stereocenters. The highest BCUT2D eigenvalue weighted by molar-refractivity contribution is 7.92. The Hall–Kier alpha value is -0.620. The van der Waals surface area contributed by atoms with Crippen molar-refractivity contribution < 1.29 is 13.2 Å². The molecule has 17 heavy (non-hydrogen) atoms. The van der Waals surface area contributed by atoms with Crippen molar-refractivity contribution >= 4 is 15.7 Å². The van der Waals surface area contributed by atoms with Gasteiger partial charge in [-0.1, -0.05) is 6.92 Å². The first-order valence-corrected chi connectivity index (χ1v) is 7.91. The van der Waals surface area contributed by atoms with E-state index in [9.17, 15) is 13.2 Å². The van der Waals surface area contributed by atoms with Crippen molar-refractivity contribution in [2.75, 3.05) is 12.3 Å². The third kappa shape index (κ3) is 4.63. The Morgan fingerprint density at radius 2 is 1.88 bits per heavy atom. The average Bonchev–Trinajstić information content (AvgIpc) is 2.26. The van der Waals surface area contributed by atoms with Gasteiger partial charge in [0.1, 0.15) is 5.75 Å². The summed E-state index contributed by atoms with van der Waals surface area (Å²) in [6.07, 6.45) is 3.46. The van der Waals surface area contributed by atoms with Crippen LogP contribution in [0.5, 0.6) is 0 Å². The Bertz CT molecular complexity index is 346. The summed E-state index contributed by atoms with van der Waals surface area (Å²) in [5, 5.41) is 2.21. The molecule has 0 aromatic rings. The Morgan fingerprint density at radius 3 is 2.41 bits per heavy atom. The standard InChI is InChI=1S/C11H22N2O3S/c1-2-7-13-11(14)8-17(15,16)10-5-3-9(12)4-6-10/h9-10H,2-8,12H2,1H3,(H,13,14). The predicted molar refractivity (Wildman–Crippen MR) is 67.3 cm³/mol. The molecule has 100 valence electrons. The molecule has 0 radical (unpaired) electrons. The molecular formula is C11H22N2O3S. The van der Waals surface area contributed by atoms with Gasteiger partial charge in [-0.25, -0.2) is 8.42 Å². The van der Waals surface area contributed by atoms with Crippen LogP contribution < -0.4 is 11.1 Å². The highest BCUT2D eigenvalue weighted by Gasteiger charge is 2.31. The number of nitrogens with one attached hydrogen (secondary N) is 1. The smallest absolute Gasteiger partial charge is 0.235 e. The zero-order valence-corrected chi connectivity index (χ0v) is 11.1. The summed E-state index contributed by atoms with van der Waals surface area (Å²) in [5.41, 5.74) is 5.73. The van der Waals surface area contributed by atoms with Gasteiger partial charge in [-0.05, 0) is 32.1 Å². The minimum absolute atomic E-state index is 0.121. The number of carbonyl (C=O) groups is 1. The predicted octanol–water partition coefficient (Wildman–Crippen LogP) is 0.197. The lowest BCUT2D eigenvalue weighted by molar-refractivity contribution is -0.118. The fourth-order valence-corrected chi connectivity index (χ4v) is 3.76. The van der Waals surface area contributed by atoms with Crippen LogP contribution in [0.3, 0.4) is 0 Å². The Labute approximate surface area is 103 Å². The number of hydrogen-bond acceptors (Lipinski definition) is 4. The van der Waals surface area contributed by atoms with E-state index < -0.39 is 9.84 Å². The number of hydrogen-bond donors (Lipinski definition) is 2. The van der Waals surface area contributed by atoms with Crippen LogP contribution in [-0.2, 0) is 14.6 Å². The molecule has 0 atom stereocenters. The third-order valence-electron chi connectivity index (χ3n) is 3.13. The number of rotatable bonds is 5. The van der Waals surface area contributed by atoms with Crippen LogP contribution in [0, 0.1) is 0 Å². The Balaban J connectivity index is 2.48. The van der Waals surface area contributed by atoms with E-state index in [4.69, 9.17) is 5.73 Å². The molecule has 1 aliphatic carbocycles. The summed E-state index contributed by atoms with van der Waals surface area (Å²) in [7, 11) is -3.30. The van der Waals surface area contributed by atoms with Gasteiger partial charge in [0.25, 0.3) is 0 Å². The van der Waals surface area contributed by atoms with Crippen LogP contribution in [0.2, 0.25) is 0 Å². The molecule has 3 N–H and O–H groups in total. The second kappa shape index (κ2) is 6.35. The van der Waals surface area contributed by atoms with Gasteiger partial charge >= 0.3 is 0 Å². The van der Waals surface area contributed by atoms with Crippen LogP contribution in [0.1, 0.15) is 39.0 Å². The van der Waals surface area contributed by atoms with E-state index in [1.807, 2.05) is 6.92 Å². The summed E-state index contributed by atoms with van der Waals surface area (Å²) >= 11 is 0. The van der Waals surface area contributed by atoms with Crippen molar-refractivity contribution in [2.24, 2.45) is 5.73 Å². The zero-order chi connectivity index (χ0) is 12.9. The topological polar surface area (TPSA) is 89.3 Å². The van der Waals surface area contributed by atoms with Gasteiger partial charge in [0, 0.05) is 12.6 Å². The van der Waals surface area contributed by atoms with Crippen molar-refractivity contribution in [2.45, 2.75) is 50.3 Å². The van der Waals surface area contributed by atoms with E-state index in [2.05, 4.69) is 5.32 Å². The summed E-state index contributed by atoms with van der Waals surface area (Å²) in [6, 6.07) is 0.121. The SMILES string of the molecule is CCCNC(=O)CS(=O)(=O)C1CCC(N)CC1. The van der Waals surface area contributed by atoms with E-state index >= 15 is 0 Å². The molecule has 0 aromatic carbocycles. The van der Waals surface area contributed by atoms with Crippen molar-refractivity contribution in [3.8, 4) is 0 Å². The number of nitrogens with two attached hydrogens (primary N) is 1. The normalized spacial score (nSPS) is 25.5. The second-order valence-electron chi connectivity index (χ2n) is 4.69. The molecule has 5 nitrogen and oxygen atoms in total. The number of amides is 1. The van der Waals surface area contributed by atoms with Crippen LogP contribution in [-0.4, -0.2) is 37.9 Å². The summed E-state index contributed by atoms with van der Waals surface area (Å²) in [4.78, 5) is 11.4. The van der Waals surface area contributed by atoms with Gasteiger partial charge < -0.3 is 11.1 Å². The molecule has 1 rings (SSSR count). The summed E-state index contributed by atoms with van der Waals surface area (Å²) in [5.74, 6) is -0.769. The second-order valence-corrected chi connectivity index (χ2v) is 6.98. The van der Waals surface area contributed by atoms with Crippen LogP contribution in [0.25, 0.3) is 0 Å². The molecule has 1 fully saturated rings. The number of sulfone groups is 1. The molecule has 1 aliphatic rings. The quantitative estimate of drug-likeness (QED) is 0.740. The molecule has 1 amide bonds. The largest absolute Gasteiger partial charge is 0.355 e. The Kier molecular flexibility index (Phi) is 5.39. The van der Waals surface area contributed by atoms with E-state index in [-0.39, 0.29) is 23.0 Å². The van der Waals surface area contributed by atoms with Crippen molar-refractivity contribution in [1.29, 1.82) is 0 Å². The fourth-order valence-electron chi connectivity index (χ4n) is 2.06. The maximum atomic E-state index is 12.0. The van der Waals surface area contributed by atoms with Crippen molar-refractivity contribution in [1.82, 2.24) is 5.32 Å². The van der Waals surface area contributed by atoms with Crippen LogP contribution in [0.15, 0.2) is 0 Å². The lowest BCUT2D eigenvalue weighted by Gasteiger charge is -2.25. The van der Waals surface area contributed by atoms with E-state index in [0.717, 1.165) is 19.3 Å². The minimum Gasteiger partial charge on any atom is -0.355 e. The maximum absolute atomic E-state index is 12.0. The first-order chi connectivity index (χ1) is 7.95. The third-order valence-corrected chi connectivity index (χ3v) is 5.28. The average molecular weight is 262 g/mol. The summed E-state index contributed by atoms with van der Waals surface area (Å²) in [6.45, 7) is 2.46. The molecule has 0 spiro atoms. The number of carbonyl (C=O) groups excluding carboxylic acids is 1. The molecule has 0 saturated heterocycles. The van der Waals surface area contributed by atoms with E-state index in [1.54, 1.807) is 0 Å². The van der Waals surface area contributed by atoms with E-state index in [0.29, 0.717) is 19.4 Å². The van der Waals surface area contributed by atoms with Crippen LogP contribution in [0.4, 0.5) is 0 Å². The molecular weight excluding hydrogens is 240 g/mol. The molecule has 0 heterocycles. The fraction of sp³-hybridized carbons (Fsp3) is 0.909. The highest BCUT2D eigenvalue weighted by Crippen LogP contribution is 2.23. The van der Waals surface area contributed by atoms with E-state index in [1.165, 1.54) is 0 Å². The van der Waals surface area contributed by atoms with Gasteiger partial charge in [0.2, 0.25) is 5.91 Å². The van der Waals surface area contributed by atoms with Gasteiger partial charge in [0.15, 0.2) is 9.84 Å². The molecule has 0 bridgehead atoms. The van der Waals surface area contributed by atoms with Crippen molar-refractivity contribution in [3.63, 3.8) is 0 Å². The van der Waals surface area contributed by atoms with Gasteiger partial charge in [-0.15, -0.1) is 0 Å². The van der Waals surface area contributed by atoms with Crippen molar-refractivity contribution in [3.05, 3.63) is 0 Å². The highest BCUT2D eigenvalue weighted by atomic mass is 32.2. The van der Waals surface area contributed by atoms with Gasteiger partial charge in [-0.2, -0.15) is 0 Å². The molecule has 0 aliphatic heterocycles. The zero-order valence-electron chi connectivity index (χ0n) is 10.3. The van der Waals surface area contributed by atoms with Gasteiger partial charge in [-0.3, -0.25) is 4.79 Å². The monoisotopic (exact) mass is 262 g/mol. The Morgan fingerprint density at radius 1 is 1.29 bits per heavy atom. The minimum atomic E-state index is -3.30. The first-order valence-electron chi connectivity index (χ1n) is 6.19. The maximum Gasteiger partial charge on any atom is 0.235 e. The molecule has 1 saturated carbocycles. The first kappa shape index (κ1) is 14.4. The lowest BCUT2D eigenvalue weighted by atomic mass is 9.96.